The minimum atomic E-state index is -4.42. The van der Waals surface area contributed by atoms with Gasteiger partial charge in [0.25, 0.3) is 0 Å². The molecular weight excluding hydrogens is 581 g/mol. The highest BCUT2D eigenvalue weighted by Crippen LogP contribution is 2.36. The van der Waals surface area contributed by atoms with E-state index >= 15 is 0 Å². The first-order valence-electron chi connectivity index (χ1n) is 13.5. The number of benzene rings is 4. The number of urea groups is 1. The van der Waals surface area contributed by atoms with Gasteiger partial charge in [0.1, 0.15) is 11.6 Å². The van der Waals surface area contributed by atoms with E-state index in [4.69, 9.17) is 0 Å². The summed E-state index contributed by atoms with van der Waals surface area (Å²) in [5.41, 5.74) is 3.06. The fraction of sp³-hybridized carbons (Fsp3) is 0.161. The van der Waals surface area contributed by atoms with Gasteiger partial charge in [0.05, 0.1) is 23.5 Å². The Labute approximate surface area is 248 Å². The molecule has 5 aromatic rings. The zero-order valence-corrected chi connectivity index (χ0v) is 23.1. The average Bonchev–Trinajstić information content (AvgIpc) is 3.54. The van der Waals surface area contributed by atoms with Crippen LogP contribution in [0.3, 0.4) is 0 Å². The molecule has 226 valence electrons. The van der Waals surface area contributed by atoms with Crippen LogP contribution in [0.5, 0.6) is 0 Å². The van der Waals surface area contributed by atoms with Crippen molar-refractivity contribution in [3.8, 4) is 22.5 Å². The Balaban J connectivity index is 1.53. The van der Waals surface area contributed by atoms with E-state index in [-0.39, 0.29) is 24.5 Å². The third kappa shape index (κ3) is 7.73. The van der Waals surface area contributed by atoms with Gasteiger partial charge in [0.2, 0.25) is 0 Å². The zero-order valence-electron chi connectivity index (χ0n) is 23.1. The van der Waals surface area contributed by atoms with Crippen molar-refractivity contribution in [3.63, 3.8) is 0 Å². The standard InChI is InChI=1S/C31H26F5N7O/c32-22-11-12-26(25(33)19-22)37-30(44)38-27-18-21(23-8-4-5-9-24(23)29-39-41-42-40-29)10-13-28(27)43(17-15-31(34,35)36)16-14-20-6-2-1-3-7-20/h1-13,18-19H,14-17H2,(H2,37,38,44)(H,39,40,41,42). The fourth-order valence-electron chi connectivity index (χ4n) is 4.68. The molecule has 4 aromatic carbocycles. The summed E-state index contributed by atoms with van der Waals surface area (Å²) in [5, 5.41) is 18.9. The highest BCUT2D eigenvalue weighted by molar-refractivity contribution is 6.02. The molecule has 1 aromatic heterocycles. The number of hydrogen-bond acceptors (Lipinski definition) is 5. The molecule has 1 heterocycles. The van der Waals surface area contributed by atoms with E-state index in [0.717, 1.165) is 17.7 Å². The molecule has 13 heteroatoms. The Hall–Kier alpha value is -5.33. The molecule has 44 heavy (non-hydrogen) atoms. The van der Waals surface area contributed by atoms with Gasteiger partial charge in [-0.1, -0.05) is 60.7 Å². The third-order valence-corrected chi connectivity index (χ3v) is 6.78. The lowest BCUT2D eigenvalue weighted by atomic mass is 9.98. The number of H-pyrrole nitrogens is 1. The second-order valence-corrected chi connectivity index (χ2v) is 9.82. The summed E-state index contributed by atoms with van der Waals surface area (Å²) in [6.07, 6.45) is -5.06. The van der Waals surface area contributed by atoms with Crippen molar-refractivity contribution < 1.29 is 26.7 Å². The molecule has 5 rings (SSSR count). The highest BCUT2D eigenvalue weighted by Gasteiger charge is 2.29. The van der Waals surface area contributed by atoms with Gasteiger partial charge in [0, 0.05) is 24.7 Å². The number of nitrogens with one attached hydrogen (secondary N) is 3. The smallest absolute Gasteiger partial charge is 0.369 e. The van der Waals surface area contributed by atoms with Gasteiger partial charge in [-0.2, -0.15) is 13.2 Å². The Morgan fingerprint density at radius 3 is 2.25 bits per heavy atom. The van der Waals surface area contributed by atoms with Crippen LogP contribution in [0.2, 0.25) is 0 Å². The first-order chi connectivity index (χ1) is 21.2. The number of alkyl halides is 3. The summed E-state index contributed by atoms with van der Waals surface area (Å²) >= 11 is 0. The summed E-state index contributed by atoms with van der Waals surface area (Å²) in [6.45, 7) is -0.165. The number of amides is 2. The molecule has 3 N–H and O–H groups in total. The Bertz CT molecular complexity index is 1710. The number of tetrazole rings is 1. The van der Waals surface area contributed by atoms with Crippen LogP contribution < -0.4 is 15.5 Å². The minimum Gasteiger partial charge on any atom is -0.369 e. The molecule has 0 aliphatic rings. The number of halogens is 5. The van der Waals surface area contributed by atoms with Crippen molar-refractivity contribution in [1.82, 2.24) is 20.6 Å². The average molecular weight is 608 g/mol. The van der Waals surface area contributed by atoms with Crippen molar-refractivity contribution in [1.29, 1.82) is 0 Å². The van der Waals surface area contributed by atoms with Crippen LogP contribution in [0.4, 0.5) is 43.8 Å². The summed E-state index contributed by atoms with van der Waals surface area (Å²) in [6, 6.07) is 23.3. The van der Waals surface area contributed by atoms with Gasteiger partial charge in [-0.25, -0.2) is 18.7 Å². The summed E-state index contributed by atoms with van der Waals surface area (Å²) in [5.74, 6) is -1.42. The van der Waals surface area contributed by atoms with E-state index in [1.54, 1.807) is 47.4 Å². The molecule has 0 saturated heterocycles. The Morgan fingerprint density at radius 2 is 1.55 bits per heavy atom. The summed E-state index contributed by atoms with van der Waals surface area (Å²) in [4.78, 5) is 14.6. The highest BCUT2D eigenvalue weighted by atomic mass is 19.4. The van der Waals surface area contributed by atoms with Crippen LogP contribution in [-0.2, 0) is 6.42 Å². The van der Waals surface area contributed by atoms with Crippen molar-refractivity contribution in [2.75, 3.05) is 28.6 Å². The van der Waals surface area contributed by atoms with E-state index in [2.05, 4.69) is 31.3 Å². The van der Waals surface area contributed by atoms with Crippen molar-refractivity contribution >= 4 is 23.1 Å². The molecule has 0 aliphatic heterocycles. The number of carbonyl (C=O) groups excluding carboxylic acids is 1. The van der Waals surface area contributed by atoms with Crippen LogP contribution in [-0.4, -0.2) is 45.9 Å². The van der Waals surface area contributed by atoms with Crippen LogP contribution >= 0.6 is 0 Å². The van der Waals surface area contributed by atoms with Gasteiger partial charge in [0.15, 0.2) is 5.82 Å². The molecular formula is C31H26F5N7O. The van der Waals surface area contributed by atoms with E-state index in [1.807, 2.05) is 30.3 Å². The number of rotatable bonds is 10. The Kier molecular flexibility index (Phi) is 9.12. The van der Waals surface area contributed by atoms with Crippen LogP contribution in [0.25, 0.3) is 22.5 Å². The van der Waals surface area contributed by atoms with Crippen molar-refractivity contribution in [3.05, 3.63) is 108 Å². The molecule has 0 spiro atoms. The number of nitrogens with zero attached hydrogens (tertiary/aromatic N) is 4. The van der Waals surface area contributed by atoms with Crippen LogP contribution in [0.15, 0.2) is 91.0 Å². The fourth-order valence-corrected chi connectivity index (χ4v) is 4.68. The molecule has 0 aliphatic carbocycles. The largest absolute Gasteiger partial charge is 0.390 e. The lowest BCUT2D eigenvalue weighted by molar-refractivity contribution is -0.132. The van der Waals surface area contributed by atoms with Crippen LogP contribution in [0, 0.1) is 11.6 Å². The van der Waals surface area contributed by atoms with Gasteiger partial charge in [-0.05, 0) is 57.8 Å². The van der Waals surface area contributed by atoms with E-state index in [9.17, 15) is 26.7 Å². The number of aromatic nitrogens is 4. The maximum absolute atomic E-state index is 14.3. The number of hydrogen-bond donors (Lipinski definition) is 3. The topological polar surface area (TPSA) is 98.8 Å². The number of carbonyl (C=O) groups is 1. The molecule has 2 amide bonds. The normalized spacial score (nSPS) is 11.3. The van der Waals surface area contributed by atoms with Gasteiger partial charge in [-0.15, -0.1) is 5.10 Å². The second-order valence-electron chi connectivity index (χ2n) is 9.82. The van der Waals surface area contributed by atoms with Crippen LogP contribution in [0.1, 0.15) is 12.0 Å². The molecule has 0 bridgehead atoms. The van der Waals surface area contributed by atoms with E-state index in [0.29, 0.717) is 40.7 Å². The predicted molar refractivity (Wildman–Crippen MR) is 157 cm³/mol. The summed E-state index contributed by atoms with van der Waals surface area (Å²) < 4.78 is 67.8. The first kappa shape index (κ1) is 30.1. The van der Waals surface area contributed by atoms with Crippen molar-refractivity contribution in [2.24, 2.45) is 0 Å². The quantitative estimate of drug-likeness (QED) is 0.143. The number of aromatic amines is 1. The SMILES string of the molecule is O=C(Nc1ccc(F)cc1F)Nc1cc(-c2ccccc2-c2nnn[nH]2)ccc1N(CCc1ccccc1)CCC(F)(F)F. The van der Waals surface area contributed by atoms with E-state index in [1.165, 1.54) is 0 Å². The molecule has 0 radical (unpaired) electrons. The molecule has 0 atom stereocenters. The first-order valence-corrected chi connectivity index (χ1v) is 13.5. The third-order valence-electron chi connectivity index (χ3n) is 6.78. The second kappa shape index (κ2) is 13.3. The monoisotopic (exact) mass is 607 g/mol. The van der Waals surface area contributed by atoms with E-state index < -0.39 is 30.3 Å². The van der Waals surface area contributed by atoms with Crippen molar-refractivity contribution in [2.45, 2.75) is 19.0 Å². The molecule has 0 fully saturated rings. The lowest BCUT2D eigenvalue weighted by Crippen LogP contribution is -2.31. The summed E-state index contributed by atoms with van der Waals surface area (Å²) in [7, 11) is 0. The zero-order chi connectivity index (χ0) is 31.1. The van der Waals surface area contributed by atoms with Gasteiger partial charge >= 0.3 is 12.2 Å². The molecule has 8 nitrogen and oxygen atoms in total. The maximum atomic E-state index is 14.3. The molecule has 0 saturated carbocycles. The van der Waals surface area contributed by atoms with Gasteiger partial charge < -0.3 is 15.5 Å². The number of anilines is 3. The molecule has 0 unspecified atom stereocenters. The predicted octanol–water partition coefficient (Wildman–Crippen LogP) is 7.46. The van der Waals surface area contributed by atoms with Gasteiger partial charge in [-0.3, -0.25) is 0 Å². The lowest BCUT2D eigenvalue weighted by Gasteiger charge is -2.28. The minimum absolute atomic E-state index is 0.170. The maximum Gasteiger partial charge on any atom is 0.390 e. The Morgan fingerprint density at radius 1 is 0.818 bits per heavy atom.